The van der Waals surface area contributed by atoms with Gasteiger partial charge in [-0.1, -0.05) is 54.2 Å². The van der Waals surface area contributed by atoms with Crippen molar-refractivity contribution < 1.29 is 4.39 Å². The first-order valence-electron chi connectivity index (χ1n) is 9.34. The smallest absolute Gasteiger partial charge is 0.191 e. The molecule has 3 rings (SSSR count). The SMILES string of the molecule is N#CCC[C@@H](C#N)CSc1nnc(-c2ccccc2F)n1CCc1ccccc1. The normalized spacial score (nSPS) is 11.6. The van der Waals surface area contributed by atoms with Gasteiger partial charge in [0.2, 0.25) is 0 Å². The van der Waals surface area contributed by atoms with Crippen LogP contribution in [0.1, 0.15) is 18.4 Å². The quantitative estimate of drug-likeness (QED) is 0.475. The molecular formula is C22H20FN5S. The van der Waals surface area contributed by atoms with E-state index in [0.29, 0.717) is 41.7 Å². The molecule has 29 heavy (non-hydrogen) atoms. The Kier molecular flexibility index (Phi) is 7.38. The molecule has 0 aliphatic carbocycles. The minimum absolute atomic E-state index is 0.240. The first-order chi connectivity index (χ1) is 14.2. The van der Waals surface area contributed by atoms with Gasteiger partial charge >= 0.3 is 0 Å². The largest absolute Gasteiger partial charge is 0.302 e. The molecule has 0 saturated heterocycles. The lowest BCUT2D eigenvalue weighted by Crippen LogP contribution is -2.08. The lowest BCUT2D eigenvalue weighted by atomic mass is 10.1. The van der Waals surface area contributed by atoms with Gasteiger partial charge in [-0.15, -0.1) is 10.2 Å². The van der Waals surface area contributed by atoms with Crippen LogP contribution in [0.2, 0.25) is 0 Å². The van der Waals surface area contributed by atoms with E-state index in [-0.39, 0.29) is 11.7 Å². The van der Waals surface area contributed by atoms with Gasteiger partial charge in [0.15, 0.2) is 11.0 Å². The summed E-state index contributed by atoms with van der Waals surface area (Å²) >= 11 is 1.42. The van der Waals surface area contributed by atoms with Gasteiger partial charge in [0, 0.05) is 18.7 Å². The maximum Gasteiger partial charge on any atom is 0.191 e. The van der Waals surface area contributed by atoms with E-state index in [2.05, 4.69) is 22.3 Å². The maximum absolute atomic E-state index is 14.4. The average Bonchev–Trinajstić information content (AvgIpc) is 3.16. The Balaban J connectivity index is 1.84. The second-order valence-corrected chi connectivity index (χ2v) is 7.49. The number of rotatable bonds is 9. The van der Waals surface area contributed by atoms with E-state index in [0.717, 1.165) is 6.42 Å². The Bertz CT molecular complexity index is 1020. The highest BCUT2D eigenvalue weighted by Gasteiger charge is 2.18. The summed E-state index contributed by atoms with van der Waals surface area (Å²) in [6.45, 7) is 0.596. The average molecular weight is 406 g/mol. The van der Waals surface area contributed by atoms with E-state index >= 15 is 0 Å². The van der Waals surface area contributed by atoms with Gasteiger partial charge in [-0.05, 0) is 30.5 Å². The molecule has 0 bridgehead atoms. The third kappa shape index (κ3) is 5.43. The molecule has 0 spiro atoms. The summed E-state index contributed by atoms with van der Waals surface area (Å²) < 4.78 is 16.3. The Hall–Kier alpha value is -3.16. The number of halogens is 1. The number of aromatic nitrogens is 3. The topological polar surface area (TPSA) is 78.3 Å². The van der Waals surface area contributed by atoms with E-state index in [1.807, 2.05) is 34.9 Å². The fraction of sp³-hybridized carbons (Fsp3) is 0.273. The molecule has 0 N–H and O–H groups in total. The van der Waals surface area contributed by atoms with Gasteiger partial charge in [0.25, 0.3) is 0 Å². The van der Waals surface area contributed by atoms with Gasteiger partial charge < -0.3 is 4.57 Å². The molecule has 0 amide bonds. The van der Waals surface area contributed by atoms with Crippen molar-refractivity contribution in [2.24, 2.45) is 5.92 Å². The van der Waals surface area contributed by atoms with Gasteiger partial charge in [-0.3, -0.25) is 0 Å². The molecule has 0 aliphatic rings. The molecule has 146 valence electrons. The molecule has 7 heteroatoms. The van der Waals surface area contributed by atoms with Crippen LogP contribution in [-0.4, -0.2) is 20.5 Å². The Morgan fingerprint density at radius 3 is 2.52 bits per heavy atom. The summed E-state index contributed by atoms with van der Waals surface area (Å²) in [6, 6.07) is 20.9. The highest BCUT2D eigenvalue weighted by atomic mass is 32.2. The molecule has 1 heterocycles. The fourth-order valence-electron chi connectivity index (χ4n) is 2.92. The van der Waals surface area contributed by atoms with Crippen LogP contribution in [-0.2, 0) is 13.0 Å². The molecule has 0 aliphatic heterocycles. The minimum atomic E-state index is -0.346. The van der Waals surface area contributed by atoms with E-state index in [1.54, 1.807) is 18.2 Å². The number of aryl methyl sites for hydroxylation is 1. The zero-order valence-electron chi connectivity index (χ0n) is 15.8. The standard InChI is InChI=1S/C22H20FN5S/c23-20-11-5-4-10-19(20)21-26-27-22(29-16-18(15-25)9-6-13-24)28(21)14-12-17-7-2-1-3-8-17/h1-5,7-8,10-11,18H,6,9,12,14,16H2/t18-/m0/s1. The summed E-state index contributed by atoms with van der Waals surface area (Å²) in [5, 5.41) is 27.2. The number of hydrogen-bond donors (Lipinski definition) is 0. The van der Waals surface area contributed by atoms with Gasteiger partial charge in [-0.2, -0.15) is 10.5 Å². The van der Waals surface area contributed by atoms with Crippen molar-refractivity contribution in [1.82, 2.24) is 14.8 Å². The summed E-state index contributed by atoms with van der Waals surface area (Å²) in [6.07, 6.45) is 1.63. The molecule has 0 saturated carbocycles. The lowest BCUT2D eigenvalue weighted by Gasteiger charge is -2.12. The third-order valence-corrected chi connectivity index (χ3v) is 5.63. The number of nitriles is 2. The second-order valence-electron chi connectivity index (χ2n) is 6.51. The van der Waals surface area contributed by atoms with Crippen molar-refractivity contribution in [3.63, 3.8) is 0 Å². The number of nitrogens with zero attached hydrogens (tertiary/aromatic N) is 5. The van der Waals surface area contributed by atoms with E-state index in [4.69, 9.17) is 5.26 Å². The van der Waals surface area contributed by atoms with Crippen molar-refractivity contribution >= 4 is 11.8 Å². The van der Waals surface area contributed by atoms with E-state index in [1.165, 1.54) is 23.4 Å². The lowest BCUT2D eigenvalue weighted by molar-refractivity contribution is 0.615. The highest BCUT2D eigenvalue weighted by molar-refractivity contribution is 7.99. The molecule has 2 aromatic carbocycles. The minimum Gasteiger partial charge on any atom is -0.302 e. The third-order valence-electron chi connectivity index (χ3n) is 4.50. The molecule has 1 aromatic heterocycles. The van der Waals surface area contributed by atoms with E-state index in [9.17, 15) is 9.65 Å². The monoisotopic (exact) mass is 405 g/mol. The maximum atomic E-state index is 14.4. The van der Waals surface area contributed by atoms with Crippen molar-refractivity contribution in [2.75, 3.05) is 5.75 Å². The van der Waals surface area contributed by atoms with Crippen LogP contribution in [0, 0.1) is 34.4 Å². The summed E-state index contributed by atoms with van der Waals surface area (Å²) in [5.41, 5.74) is 1.57. The summed E-state index contributed by atoms with van der Waals surface area (Å²) in [4.78, 5) is 0. The second kappa shape index (κ2) is 10.4. The fourth-order valence-corrected chi connectivity index (χ4v) is 3.95. The summed E-state index contributed by atoms with van der Waals surface area (Å²) in [7, 11) is 0. The first kappa shape index (κ1) is 20.6. The van der Waals surface area contributed by atoms with Crippen molar-refractivity contribution in [3.8, 4) is 23.5 Å². The zero-order chi connectivity index (χ0) is 20.5. The van der Waals surface area contributed by atoms with E-state index < -0.39 is 0 Å². The first-order valence-corrected chi connectivity index (χ1v) is 10.3. The number of thioether (sulfide) groups is 1. The summed E-state index contributed by atoms with van der Waals surface area (Å²) in [5.74, 6) is 0.406. The zero-order valence-corrected chi connectivity index (χ0v) is 16.6. The number of benzene rings is 2. The number of hydrogen-bond acceptors (Lipinski definition) is 5. The molecule has 3 aromatic rings. The van der Waals surface area contributed by atoms with Crippen LogP contribution < -0.4 is 0 Å². The van der Waals surface area contributed by atoms with Crippen molar-refractivity contribution in [2.45, 2.75) is 31.0 Å². The van der Waals surface area contributed by atoms with Crippen molar-refractivity contribution in [3.05, 3.63) is 66.0 Å². The molecule has 0 radical (unpaired) electrons. The molecule has 0 fully saturated rings. The van der Waals surface area contributed by atoms with Crippen LogP contribution in [0.4, 0.5) is 4.39 Å². The van der Waals surface area contributed by atoms with Crippen LogP contribution >= 0.6 is 11.8 Å². The Morgan fingerprint density at radius 2 is 1.79 bits per heavy atom. The van der Waals surface area contributed by atoms with Gasteiger partial charge in [0.05, 0.1) is 23.6 Å². The predicted octanol–water partition coefficient (Wildman–Crippen LogP) is 4.86. The van der Waals surface area contributed by atoms with Gasteiger partial charge in [-0.25, -0.2) is 4.39 Å². The Morgan fingerprint density at radius 1 is 1.03 bits per heavy atom. The predicted molar refractivity (Wildman–Crippen MR) is 110 cm³/mol. The van der Waals surface area contributed by atoms with Crippen LogP contribution in [0.15, 0.2) is 59.8 Å². The van der Waals surface area contributed by atoms with Crippen LogP contribution in [0.5, 0.6) is 0 Å². The molecule has 5 nitrogen and oxygen atoms in total. The highest BCUT2D eigenvalue weighted by Crippen LogP contribution is 2.28. The van der Waals surface area contributed by atoms with Crippen LogP contribution in [0.3, 0.4) is 0 Å². The Labute approximate surface area is 173 Å². The molecule has 0 unspecified atom stereocenters. The molecular weight excluding hydrogens is 385 g/mol. The van der Waals surface area contributed by atoms with Crippen molar-refractivity contribution in [1.29, 1.82) is 10.5 Å². The van der Waals surface area contributed by atoms with Crippen LogP contribution in [0.25, 0.3) is 11.4 Å². The molecule has 1 atom stereocenters. The van der Waals surface area contributed by atoms with Gasteiger partial charge in [0.1, 0.15) is 5.82 Å².